The van der Waals surface area contributed by atoms with Crippen molar-refractivity contribution in [2.75, 3.05) is 50.8 Å². The molecule has 2 aliphatic rings. The maximum Gasteiger partial charge on any atom is 0.225 e. The van der Waals surface area contributed by atoms with Crippen molar-refractivity contribution in [3.8, 4) is 11.5 Å². The van der Waals surface area contributed by atoms with E-state index in [4.69, 9.17) is 26.1 Å². The molecule has 0 radical (unpaired) electrons. The number of aliphatic imine (C=N–C) groups is 1. The van der Waals surface area contributed by atoms with Crippen LogP contribution in [0.5, 0.6) is 11.5 Å². The van der Waals surface area contributed by atoms with Crippen LogP contribution in [-0.4, -0.2) is 66.8 Å². The summed E-state index contributed by atoms with van der Waals surface area (Å²) in [5, 5.41) is 3.97. The summed E-state index contributed by atoms with van der Waals surface area (Å²) in [6.45, 7) is 8.06. The number of aromatic nitrogens is 2. The largest absolute Gasteiger partial charge is 0.489 e. The molecule has 3 heterocycles. The van der Waals surface area contributed by atoms with Gasteiger partial charge in [0.25, 0.3) is 0 Å². The van der Waals surface area contributed by atoms with Gasteiger partial charge in [0.2, 0.25) is 5.95 Å². The Labute approximate surface area is 205 Å². The molecule has 0 saturated carbocycles. The summed E-state index contributed by atoms with van der Waals surface area (Å²) >= 11 is 6.42. The van der Waals surface area contributed by atoms with Gasteiger partial charge in [-0.25, -0.2) is 15.0 Å². The minimum Gasteiger partial charge on any atom is -0.489 e. The van der Waals surface area contributed by atoms with E-state index in [0.717, 1.165) is 56.6 Å². The normalized spacial score (nSPS) is 16.4. The summed E-state index contributed by atoms with van der Waals surface area (Å²) in [7, 11) is 0. The zero-order valence-electron chi connectivity index (χ0n) is 17.6. The highest BCUT2D eigenvalue weighted by atomic mass is 127. The van der Waals surface area contributed by atoms with E-state index in [2.05, 4.69) is 32.0 Å². The Bertz CT molecular complexity index is 878. The minimum absolute atomic E-state index is 0. The molecule has 31 heavy (non-hydrogen) atoms. The van der Waals surface area contributed by atoms with Gasteiger partial charge in [0, 0.05) is 51.5 Å². The SMILES string of the molecule is CCNC(=NCc1cc(Cl)c2c(c1)OCCCO2)N1CCN(c2ncccn2)CC1.I. The van der Waals surface area contributed by atoms with Crippen LogP contribution in [0.2, 0.25) is 5.02 Å². The molecule has 0 spiro atoms. The number of ether oxygens (including phenoxy) is 2. The van der Waals surface area contributed by atoms with Crippen LogP contribution in [0, 0.1) is 0 Å². The Morgan fingerprint density at radius 1 is 1.13 bits per heavy atom. The van der Waals surface area contributed by atoms with Gasteiger partial charge >= 0.3 is 0 Å². The van der Waals surface area contributed by atoms with Crippen LogP contribution in [0.15, 0.2) is 35.6 Å². The molecule has 4 rings (SSSR count). The van der Waals surface area contributed by atoms with Crippen LogP contribution in [0.25, 0.3) is 0 Å². The Balaban J connectivity index is 0.00000272. The summed E-state index contributed by atoms with van der Waals surface area (Å²) in [6.07, 6.45) is 4.41. The van der Waals surface area contributed by atoms with E-state index in [1.54, 1.807) is 12.4 Å². The lowest BCUT2D eigenvalue weighted by molar-refractivity contribution is 0.297. The Morgan fingerprint density at radius 3 is 2.61 bits per heavy atom. The number of anilines is 1. The van der Waals surface area contributed by atoms with Crippen LogP contribution in [0.3, 0.4) is 0 Å². The van der Waals surface area contributed by atoms with Gasteiger partial charge in [0.05, 0.1) is 24.8 Å². The average Bonchev–Trinajstić information content (AvgIpc) is 3.03. The molecule has 0 atom stereocenters. The van der Waals surface area contributed by atoms with Crippen molar-refractivity contribution in [2.45, 2.75) is 19.9 Å². The highest BCUT2D eigenvalue weighted by Gasteiger charge is 2.21. The van der Waals surface area contributed by atoms with Gasteiger partial charge < -0.3 is 24.6 Å². The molecule has 10 heteroatoms. The average molecular weight is 559 g/mol. The molecule has 168 valence electrons. The Hall–Kier alpha value is -2.01. The molecule has 0 amide bonds. The number of hydrogen-bond donors (Lipinski definition) is 1. The quantitative estimate of drug-likeness (QED) is 0.351. The van der Waals surface area contributed by atoms with Crippen LogP contribution in [-0.2, 0) is 6.54 Å². The van der Waals surface area contributed by atoms with Gasteiger partial charge in [-0.2, -0.15) is 0 Å². The lowest BCUT2D eigenvalue weighted by Gasteiger charge is -2.36. The van der Waals surface area contributed by atoms with Crippen molar-refractivity contribution in [2.24, 2.45) is 4.99 Å². The fourth-order valence-electron chi connectivity index (χ4n) is 3.54. The molecule has 0 aliphatic carbocycles. The van der Waals surface area contributed by atoms with Crippen molar-refractivity contribution in [1.29, 1.82) is 0 Å². The zero-order chi connectivity index (χ0) is 20.8. The van der Waals surface area contributed by atoms with Crippen LogP contribution in [0.4, 0.5) is 5.95 Å². The number of guanidine groups is 1. The van der Waals surface area contributed by atoms with Crippen molar-refractivity contribution >= 4 is 47.5 Å². The fraction of sp³-hybridized carbons (Fsp3) is 0.476. The minimum atomic E-state index is 0. The summed E-state index contributed by atoms with van der Waals surface area (Å²) in [6, 6.07) is 5.72. The maximum absolute atomic E-state index is 6.42. The molecule has 1 saturated heterocycles. The van der Waals surface area contributed by atoms with E-state index >= 15 is 0 Å². The molecule has 0 unspecified atom stereocenters. The van der Waals surface area contributed by atoms with Crippen molar-refractivity contribution < 1.29 is 9.47 Å². The molecule has 2 aromatic rings. The monoisotopic (exact) mass is 558 g/mol. The first-order valence-corrected chi connectivity index (χ1v) is 10.8. The summed E-state index contributed by atoms with van der Waals surface area (Å²) < 4.78 is 11.5. The molecule has 1 N–H and O–H groups in total. The number of benzene rings is 1. The number of piperazine rings is 1. The highest BCUT2D eigenvalue weighted by Crippen LogP contribution is 2.38. The fourth-order valence-corrected chi connectivity index (χ4v) is 3.83. The first-order valence-electron chi connectivity index (χ1n) is 10.4. The van der Waals surface area contributed by atoms with Crippen LogP contribution >= 0.6 is 35.6 Å². The zero-order valence-corrected chi connectivity index (χ0v) is 20.7. The molecule has 2 aliphatic heterocycles. The highest BCUT2D eigenvalue weighted by molar-refractivity contribution is 14.0. The molecule has 1 fully saturated rings. The second-order valence-electron chi connectivity index (χ2n) is 7.15. The van der Waals surface area contributed by atoms with Gasteiger partial charge in [-0.15, -0.1) is 24.0 Å². The second kappa shape index (κ2) is 11.6. The predicted octanol–water partition coefficient (Wildman–Crippen LogP) is 3.20. The number of nitrogens with zero attached hydrogens (tertiary/aromatic N) is 5. The van der Waals surface area contributed by atoms with Crippen molar-refractivity contribution in [1.82, 2.24) is 20.2 Å². The summed E-state index contributed by atoms with van der Waals surface area (Å²) in [5.41, 5.74) is 0.996. The molecule has 0 bridgehead atoms. The number of rotatable bonds is 4. The number of fused-ring (bicyclic) bond motifs is 1. The lowest BCUT2D eigenvalue weighted by Crippen LogP contribution is -2.52. The third-order valence-electron chi connectivity index (χ3n) is 5.02. The van der Waals surface area contributed by atoms with Crippen LogP contribution in [0.1, 0.15) is 18.9 Å². The van der Waals surface area contributed by atoms with E-state index in [-0.39, 0.29) is 24.0 Å². The van der Waals surface area contributed by atoms with E-state index in [1.807, 2.05) is 18.2 Å². The molecule has 1 aromatic heterocycles. The number of halogens is 2. The van der Waals surface area contributed by atoms with Gasteiger partial charge in [-0.3, -0.25) is 0 Å². The Morgan fingerprint density at radius 2 is 1.87 bits per heavy atom. The topological polar surface area (TPSA) is 75.1 Å². The third-order valence-corrected chi connectivity index (χ3v) is 5.30. The van der Waals surface area contributed by atoms with Gasteiger partial charge in [-0.05, 0) is 30.7 Å². The first-order chi connectivity index (χ1) is 14.7. The second-order valence-corrected chi connectivity index (χ2v) is 7.56. The van der Waals surface area contributed by atoms with E-state index < -0.39 is 0 Å². The van der Waals surface area contributed by atoms with Gasteiger partial charge in [0.15, 0.2) is 17.5 Å². The first kappa shape index (κ1) is 23.6. The number of nitrogens with one attached hydrogen (secondary N) is 1. The Kier molecular flexibility index (Phi) is 8.82. The van der Waals surface area contributed by atoms with Gasteiger partial charge in [0.1, 0.15) is 0 Å². The van der Waals surface area contributed by atoms with Crippen LogP contribution < -0.4 is 19.7 Å². The van der Waals surface area contributed by atoms with Crippen molar-refractivity contribution in [3.63, 3.8) is 0 Å². The molecule has 1 aromatic carbocycles. The summed E-state index contributed by atoms with van der Waals surface area (Å²) in [4.78, 5) is 18.0. The number of hydrogen-bond acceptors (Lipinski definition) is 6. The maximum atomic E-state index is 6.42. The van der Waals surface area contributed by atoms with E-state index in [9.17, 15) is 0 Å². The summed E-state index contributed by atoms with van der Waals surface area (Å²) in [5.74, 6) is 3.01. The van der Waals surface area contributed by atoms with E-state index in [0.29, 0.717) is 36.3 Å². The predicted molar refractivity (Wildman–Crippen MR) is 133 cm³/mol. The van der Waals surface area contributed by atoms with Crippen molar-refractivity contribution in [3.05, 3.63) is 41.2 Å². The molecular formula is C21H28ClIN6O2. The standard InChI is InChI=1S/C21H27ClN6O2.HI/c1-2-23-20(27-7-9-28(10-8-27)21-24-5-3-6-25-21)26-15-16-13-17(22)19-18(14-16)29-11-4-12-30-19;/h3,5-6,13-14H,2,4,7-12,15H2,1H3,(H,23,26);1H. The smallest absolute Gasteiger partial charge is 0.225 e. The lowest BCUT2D eigenvalue weighted by atomic mass is 10.2. The molecule has 8 nitrogen and oxygen atoms in total. The molecular weight excluding hydrogens is 531 g/mol. The van der Waals surface area contributed by atoms with E-state index in [1.165, 1.54) is 0 Å². The third kappa shape index (κ3) is 6.03. The van der Waals surface area contributed by atoms with Gasteiger partial charge in [-0.1, -0.05) is 11.6 Å².